The first kappa shape index (κ1) is 13.9. The van der Waals surface area contributed by atoms with Crippen LogP contribution in [0.3, 0.4) is 0 Å². The molecule has 0 unspecified atom stereocenters. The van der Waals surface area contributed by atoms with Crippen LogP contribution in [0.4, 0.5) is 21.5 Å². The highest BCUT2D eigenvalue weighted by atomic mass is 19.1. The number of aryl methyl sites for hydroxylation is 2. The quantitative estimate of drug-likeness (QED) is 0.738. The predicted octanol–water partition coefficient (Wildman–Crippen LogP) is 1.55. The molecular weight excluding hydrogens is 261 g/mol. The lowest BCUT2D eigenvalue weighted by Gasteiger charge is -2.10. The average molecular weight is 277 g/mol. The van der Waals surface area contributed by atoms with E-state index in [2.05, 4.69) is 10.4 Å². The van der Waals surface area contributed by atoms with Crippen LogP contribution in [0.5, 0.6) is 0 Å². The highest BCUT2D eigenvalue weighted by Gasteiger charge is 2.14. The second kappa shape index (κ2) is 5.20. The summed E-state index contributed by atoms with van der Waals surface area (Å²) >= 11 is 0. The SMILES string of the molecule is CCc1nn(C)cc1Nc1cc(C(N)=O)c(N)cc1F. The molecule has 0 saturated carbocycles. The van der Waals surface area contributed by atoms with Crippen LogP contribution < -0.4 is 16.8 Å². The van der Waals surface area contributed by atoms with Crippen molar-refractivity contribution in [1.82, 2.24) is 9.78 Å². The van der Waals surface area contributed by atoms with E-state index in [0.717, 1.165) is 11.8 Å². The van der Waals surface area contributed by atoms with E-state index in [0.29, 0.717) is 12.1 Å². The number of primary amides is 1. The number of rotatable bonds is 4. The number of benzene rings is 1. The van der Waals surface area contributed by atoms with E-state index in [1.54, 1.807) is 17.9 Å². The summed E-state index contributed by atoms with van der Waals surface area (Å²) in [7, 11) is 1.78. The van der Waals surface area contributed by atoms with Gasteiger partial charge in [0.2, 0.25) is 0 Å². The van der Waals surface area contributed by atoms with Gasteiger partial charge < -0.3 is 16.8 Å². The minimum atomic E-state index is -0.701. The lowest BCUT2D eigenvalue weighted by molar-refractivity contribution is 0.100. The van der Waals surface area contributed by atoms with E-state index in [-0.39, 0.29) is 16.9 Å². The maximum absolute atomic E-state index is 13.9. The number of aromatic nitrogens is 2. The van der Waals surface area contributed by atoms with E-state index >= 15 is 0 Å². The third kappa shape index (κ3) is 2.56. The number of nitrogens with two attached hydrogens (primary N) is 2. The van der Waals surface area contributed by atoms with Crippen molar-refractivity contribution < 1.29 is 9.18 Å². The molecule has 0 spiro atoms. The number of anilines is 3. The fourth-order valence-corrected chi connectivity index (χ4v) is 1.94. The van der Waals surface area contributed by atoms with Crippen molar-refractivity contribution in [2.24, 2.45) is 12.8 Å². The number of halogens is 1. The average Bonchev–Trinajstić information content (AvgIpc) is 2.72. The Hall–Kier alpha value is -2.57. The molecule has 0 saturated heterocycles. The molecule has 6 nitrogen and oxygen atoms in total. The highest BCUT2D eigenvalue weighted by molar-refractivity contribution is 5.99. The number of hydrogen-bond donors (Lipinski definition) is 3. The number of carbonyl (C=O) groups excluding carboxylic acids is 1. The smallest absolute Gasteiger partial charge is 0.250 e. The van der Waals surface area contributed by atoms with Gasteiger partial charge in [0, 0.05) is 18.9 Å². The fourth-order valence-electron chi connectivity index (χ4n) is 1.94. The zero-order valence-electron chi connectivity index (χ0n) is 11.3. The van der Waals surface area contributed by atoms with Crippen LogP contribution in [-0.2, 0) is 13.5 Å². The predicted molar refractivity (Wildman–Crippen MR) is 75.2 cm³/mol. The minimum absolute atomic E-state index is 0.0162. The molecule has 0 aliphatic carbocycles. The van der Waals surface area contributed by atoms with Gasteiger partial charge >= 0.3 is 0 Å². The van der Waals surface area contributed by atoms with Crippen LogP contribution in [0.1, 0.15) is 23.0 Å². The van der Waals surface area contributed by atoms with E-state index < -0.39 is 11.7 Å². The first-order chi connectivity index (χ1) is 9.42. The molecule has 2 aromatic rings. The topological polar surface area (TPSA) is 99.0 Å². The standard InChI is InChI=1S/C13H16FN5O/c1-3-10-12(6-19(2)18-10)17-11-4-7(13(16)20)9(15)5-8(11)14/h4-6,17H,3,15H2,1-2H3,(H2,16,20). The Labute approximate surface area is 115 Å². The number of nitrogen functional groups attached to an aromatic ring is 1. The first-order valence-corrected chi connectivity index (χ1v) is 6.10. The number of nitrogens with zero attached hydrogens (tertiary/aromatic N) is 2. The summed E-state index contributed by atoms with van der Waals surface area (Å²) in [6, 6.07) is 2.38. The van der Waals surface area contributed by atoms with Crippen LogP contribution >= 0.6 is 0 Å². The zero-order chi connectivity index (χ0) is 14.9. The molecule has 0 bridgehead atoms. The lowest BCUT2D eigenvalue weighted by Crippen LogP contribution is -2.14. The van der Waals surface area contributed by atoms with Gasteiger partial charge in [0.25, 0.3) is 5.91 Å². The third-order valence-corrected chi connectivity index (χ3v) is 2.91. The maximum atomic E-state index is 13.9. The molecule has 5 N–H and O–H groups in total. The van der Waals surface area contributed by atoms with Crippen LogP contribution in [0.25, 0.3) is 0 Å². The van der Waals surface area contributed by atoms with Crippen molar-refractivity contribution in [2.45, 2.75) is 13.3 Å². The summed E-state index contributed by atoms with van der Waals surface area (Å²) in [5.41, 5.74) is 12.5. The van der Waals surface area contributed by atoms with Gasteiger partial charge in [0.05, 0.1) is 22.6 Å². The molecule has 106 valence electrons. The molecule has 0 radical (unpaired) electrons. The second-order valence-corrected chi connectivity index (χ2v) is 4.43. The molecule has 1 amide bonds. The summed E-state index contributed by atoms with van der Waals surface area (Å²) in [6.45, 7) is 1.95. The van der Waals surface area contributed by atoms with Crippen LogP contribution in [0, 0.1) is 5.82 Å². The summed E-state index contributed by atoms with van der Waals surface area (Å²) in [5, 5.41) is 7.16. The van der Waals surface area contributed by atoms with Gasteiger partial charge in [0.15, 0.2) is 0 Å². The van der Waals surface area contributed by atoms with Crippen LogP contribution in [0.15, 0.2) is 18.3 Å². The molecule has 1 aromatic heterocycles. The van der Waals surface area contributed by atoms with Gasteiger partial charge in [-0.3, -0.25) is 9.48 Å². The van der Waals surface area contributed by atoms with Crippen molar-refractivity contribution in [3.05, 3.63) is 35.4 Å². The fraction of sp³-hybridized carbons (Fsp3) is 0.231. The van der Waals surface area contributed by atoms with E-state index in [1.165, 1.54) is 6.07 Å². The highest BCUT2D eigenvalue weighted by Crippen LogP contribution is 2.26. The molecule has 0 fully saturated rings. The minimum Gasteiger partial charge on any atom is -0.398 e. The second-order valence-electron chi connectivity index (χ2n) is 4.43. The molecule has 2 rings (SSSR count). The summed E-state index contributed by atoms with van der Waals surface area (Å²) in [5.74, 6) is -1.26. The van der Waals surface area contributed by atoms with Crippen molar-refractivity contribution in [3.63, 3.8) is 0 Å². The normalized spacial score (nSPS) is 10.6. The Bertz CT molecular complexity index is 665. The molecule has 0 aliphatic rings. The summed E-state index contributed by atoms with van der Waals surface area (Å²) in [4.78, 5) is 11.2. The van der Waals surface area contributed by atoms with E-state index in [1.807, 2.05) is 6.92 Å². The van der Waals surface area contributed by atoms with E-state index in [9.17, 15) is 9.18 Å². The third-order valence-electron chi connectivity index (χ3n) is 2.91. The molecule has 20 heavy (non-hydrogen) atoms. The largest absolute Gasteiger partial charge is 0.398 e. The maximum Gasteiger partial charge on any atom is 0.250 e. The molecule has 1 aromatic carbocycles. The Morgan fingerprint density at radius 2 is 2.15 bits per heavy atom. The van der Waals surface area contributed by atoms with Crippen molar-refractivity contribution in [1.29, 1.82) is 0 Å². The Morgan fingerprint density at radius 3 is 2.75 bits per heavy atom. The summed E-state index contributed by atoms with van der Waals surface area (Å²) < 4.78 is 15.5. The molecule has 0 atom stereocenters. The first-order valence-electron chi connectivity index (χ1n) is 6.10. The lowest BCUT2D eigenvalue weighted by atomic mass is 10.1. The van der Waals surface area contributed by atoms with Crippen molar-refractivity contribution in [2.75, 3.05) is 11.1 Å². The number of hydrogen-bond acceptors (Lipinski definition) is 4. The number of carbonyl (C=O) groups is 1. The Kier molecular flexibility index (Phi) is 3.60. The van der Waals surface area contributed by atoms with Crippen LogP contribution in [-0.4, -0.2) is 15.7 Å². The molecule has 7 heteroatoms. The van der Waals surface area contributed by atoms with Crippen molar-refractivity contribution in [3.8, 4) is 0 Å². The van der Waals surface area contributed by atoms with E-state index in [4.69, 9.17) is 11.5 Å². The van der Waals surface area contributed by atoms with Gasteiger partial charge in [-0.1, -0.05) is 6.92 Å². The van der Waals surface area contributed by atoms with Crippen LogP contribution in [0.2, 0.25) is 0 Å². The molecular formula is C13H16FN5O. The zero-order valence-corrected chi connectivity index (χ0v) is 11.3. The number of nitrogens with one attached hydrogen (secondary N) is 1. The summed E-state index contributed by atoms with van der Waals surface area (Å²) in [6.07, 6.45) is 2.43. The number of amides is 1. The Morgan fingerprint density at radius 1 is 1.45 bits per heavy atom. The van der Waals surface area contributed by atoms with Crippen molar-refractivity contribution >= 4 is 23.0 Å². The van der Waals surface area contributed by atoms with Gasteiger partial charge in [-0.15, -0.1) is 0 Å². The molecule has 0 aliphatic heterocycles. The molecule has 1 heterocycles. The van der Waals surface area contributed by atoms with Gasteiger partial charge in [-0.25, -0.2) is 4.39 Å². The van der Waals surface area contributed by atoms with Gasteiger partial charge in [-0.2, -0.15) is 5.10 Å². The monoisotopic (exact) mass is 277 g/mol. The Balaban J connectivity index is 2.42. The van der Waals surface area contributed by atoms with Gasteiger partial charge in [0.1, 0.15) is 5.82 Å². The van der Waals surface area contributed by atoms with Gasteiger partial charge in [-0.05, 0) is 18.6 Å².